The third-order valence-corrected chi connectivity index (χ3v) is 2.82. The first kappa shape index (κ1) is 15.3. The molecule has 0 heterocycles. The normalized spacial score (nSPS) is 9.95. The molecule has 3 N–H and O–H groups in total. The second-order valence-corrected chi connectivity index (χ2v) is 4.97. The van der Waals surface area contributed by atoms with Gasteiger partial charge in [-0.2, -0.15) is 0 Å². The van der Waals surface area contributed by atoms with Gasteiger partial charge in [0.1, 0.15) is 0 Å². The van der Waals surface area contributed by atoms with Crippen molar-refractivity contribution in [3.05, 3.63) is 34.9 Å². The number of nitrogens with one attached hydrogen (secondary N) is 1. The van der Waals surface area contributed by atoms with E-state index in [-0.39, 0.29) is 5.91 Å². The molecule has 0 saturated heterocycles. The summed E-state index contributed by atoms with van der Waals surface area (Å²) in [7, 11) is 0. The largest absolute Gasteiger partial charge is 0.352 e. The fraction of sp³-hybridized carbons (Fsp3) is 0.438. The van der Waals surface area contributed by atoms with Gasteiger partial charge in [0.05, 0.1) is 6.54 Å². The molecule has 0 aliphatic heterocycles. The van der Waals surface area contributed by atoms with E-state index in [1.807, 2.05) is 25.1 Å². The topological polar surface area (TPSA) is 55.1 Å². The summed E-state index contributed by atoms with van der Waals surface area (Å²) in [6.07, 6.45) is 0.984. The molecule has 0 aromatic heterocycles. The summed E-state index contributed by atoms with van der Waals surface area (Å²) in [4.78, 5) is 12.1. The zero-order valence-electron chi connectivity index (χ0n) is 11.9. The summed E-state index contributed by atoms with van der Waals surface area (Å²) in [6, 6.07) is 5.64. The second kappa shape index (κ2) is 7.60. The van der Waals surface area contributed by atoms with Gasteiger partial charge in [0.2, 0.25) is 0 Å². The van der Waals surface area contributed by atoms with Crippen LogP contribution in [0.3, 0.4) is 0 Å². The molecule has 0 atom stereocenters. The lowest BCUT2D eigenvalue weighted by Crippen LogP contribution is -2.26. The van der Waals surface area contributed by atoms with Crippen LogP contribution in [0.5, 0.6) is 0 Å². The molecule has 19 heavy (non-hydrogen) atoms. The zero-order valence-corrected chi connectivity index (χ0v) is 11.9. The molecule has 1 aromatic carbocycles. The van der Waals surface area contributed by atoms with Crippen molar-refractivity contribution >= 4 is 5.91 Å². The monoisotopic (exact) mass is 258 g/mol. The smallest absolute Gasteiger partial charge is 0.251 e. The molecule has 3 heteroatoms. The van der Waals surface area contributed by atoms with E-state index in [1.54, 1.807) is 0 Å². The van der Waals surface area contributed by atoms with Crippen molar-refractivity contribution < 1.29 is 4.79 Å². The fourth-order valence-corrected chi connectivity index (χ4v) is 1.67. The van der Waals surface area contributed by atoms with Crippen LogP contribution in [-0.4, -0.2) is 19.0 Å². The van der Waals surface area contributed by atoms with E-state index in [2.05, 4.69) is 31.0 Å². The minimum atomic E-state index is -0.0328. The van der Waals surface area contributed by atoms with Gasteiger partial charge in [0, 0.05) is 17.7 Å². The molecule has 1 aromatic rings. The minimum absolute atomic E-state index is 0.0328. The van der Waals surface area contributed by atoms with Crippen LogP contribution in [0.4, 0.5) is 0 Å². The van der Waals surface area contributed by atoms with Gasteiger partial charge in [-0.25, -0.2) is 0 Å². The highest BCUT2D eigenvalue weighted by Gasteiger charge is 2.09. The Bertz CT molecular complexity index is 495. The van der Waals surface area contributed by atoms with Crippen molar-refractivity contribution in [3.63, 3.8) is 0 Å². The quantitative estimate of drug-likeness (QED) is 0.812. The van der Waals surface area contributed by atoms with E-state index in [9.17, 15) is 4.79 Å². The molecule has 1 amide bonds. The Hall–Kier alpha value is -1.79. The zero-order chi connectivity index (χ0) is 14.3. The van der Waals surface area contributed by atoms with Gasteiger partial charge in [-0.05, 0) is 37.0 Å². The maximum atomic E-state index is 12.1. The molecule has 0 fully saturated rings. The summed E-state index contributed by atoms with van der Waals surface area (Å²) in [5.74, 6) is 6.29. The number of amides is 1. The van der Waals surface area contributed by atoms with E-state index in [1.165, 1.54) is 0 Å². The van der Waals surface area contributed by atoms with E-state index < -0.39 is 0 Å². The molecule has 0 aliphatic carbocycles. The van der Waals surface area contributed by atoms with Gasteiger partial charge in [0.25, 0.3) is 5.91 Å². The second-order valence-electron chi connectivity index (χ2n) is 4.97. The lowest BCUT2D eigenvalue weighted by molar-refractivity contribution is 0.0951. The molecule has 1 rings (SSSR count). The predicted molar refractivity (Wildman–Crippen MR) is 78.9 cm³/mol. The number of aryl methyl sites for hydroxylation is 1. The maximum Gasteiger partial charge on any atom is 0.251 e. The SMILES string of the molecule is Cc1ccc(C#CCN)cc1C(=O)NCCC(C)C. The van der Waals surface area contributed by atoms with Gasteiger partial charge >= 0.3 is 0 Å². The molecular formula is C16H22N2O. The van der Waals surface area contributed by atoms with Crippen molar-refractivity contribution in [1.29, 1.82) is 0 Å². The highest BCUT2D eigenvalue weighted by Crippen LogP contribution is 2.11. The molecule has 0 spiro atoms. The molecule has 3 nitrogen and oxygen atoms in total. The van der Waals surface area contributed by atoms with E-state index in [4.69, 9.17) is 5.73 Å². The van der Waals surface area contributed by atoms with Gasteiger partial charge in [-0.3, -0.25) is 4.79 Å². The van der Waals surface area contributed by atoms with Gasteiger partial charge < -0.3 is 11.1 Å². The van der Waals surface area contributed by atoms with Gasteiger partial charge in [-0.15, -0.1) is 0 Å². The van der Waals surface area contributed by atoms with Crippen LogP contribution < -0.4 is 11.1 Å². The molecule has 0 unspecified atom stereocenters. The van der Waals surface area contributed by atoms with Crippen LogP contribution in [0.2, 0.25) is 0 Å². The molecule has 0 bridgehead atoms. The molecular weight excluding hydrogens is 236 g/mol. The summed E-state index contributed by atoms with van der Waals surface area (Å²) in [5, 5.41) is 2.94. The van der Waals surface area contributed by atoms with Crippen LogP contribution in [-0.2, 0) is 0 Å². The Balaban J connectivity index is 2.78. The predicted octanol–water partition coefficient (Wildman–Crippen LogP) is 2.08. The number of nitrogens with two attached hydrogens (primary N) is 1. The number of rotatable bonds is 4. The lowest BCUT2D eigenvalue weighted by Gasteiger charge is -2.09. The third-order valence-electron chi connectivity index (χ3n) is 2.82. The number of carbonyl (C=O) groups is 1. The summed E-state index contributed by atoms with van der Waals surface area (Å²) in [6.45, 7) is 7.23. The van der Waals surface area contributed by atoms with Crippen molar-refractivity contribution in [2.45, 2.75) is 27.2 Å². The molecule has 102 valence electrons. The first-order valence-electron chi connectivity index (χ1n) is 6.62. The first-order chi connectivity index (χ1) is 9.04. The molecule has 0 radical (unpaired) electrons. The Morgan fingerprint density at radius 3 is 2.79 bits per heavy atom. The average Bonchev–Trinajstić information content (AvgIpc) is 2.37. The Kier molecular flexibility index (Phi) is 6.11. The summed E-state index contributed by atoms with van der Waals surface area (Å²) >= 11 is 0. The molecule has 0 saturated carbocycles. The van der Waals surface area contributed by atoms with E-state index >= 15 is 0 Å². The number of hydrogen-bond acceptors (Lipinski definition) is 2. The van der Waals surface area contributed by atoms with E-state index in [0.29, 0.717) is 24.6 Å². The third kappa shape index (κ3) is 5.15. The van der Waals surface area contributed by atoms with Crippen LogP contribution in [0.15, 0.2) is 18.2 Å². The van der Waals surface area contributed by atoms with Gasteiger partial charge in [0.15, 0.2) is 0 Å². The summed E-state index contributed by atoms with van der Waals surface area (Å²) < 4.78 is 0. The van der Waals surface area contributed by atoms with Crippen molar-refractivity contribution in [2.75, 3.05) is 13.1 Å². The van der Waals surface area contributed by atoms with Gasteiger partial charge in [-0.1, -0.05) is 31.8 Å². The number of carbonyl (C=O) groups excluding carboxylic acids is 1. The standard InChI is InChI=1S/C16H22N2O/c1-12(2)8-10-18-16(19)15-11-14(5-4-9-17)7-6-13(15)3/h6-7,11-12H,8-10,17H2,1-3H3,(H,18,19). The fourth-order valence-electron chi connectivity index (χ4n) is 1.67. The lowest BCUT2D eigenvalue weighted by atomic mass is 10.0. The molecule has 0 aliphatic rings. The maximum absolute atomic E-state index is 12.1. The Morgan fingerprint density at radius 2 is 2.16 bits per heavy atom. The highest BCUT2D eigenvalue weighted by atomic mass is 16.1. The highest BCUT2D eigenvalue weighted by molar-refractivity contribution is 5.96. The number of benzene rings is 1. The van der Waals surface area contributed by atoms with Crippen LogP contribution in [0, 0.1) is 24.7 Å². The van der Waals surface area contributed by atoms with Crippen LogP contribution in [0.25, 0.3) is 0 Å². The van der Waals surface area contributed by atoms with Crippen LogP contribution in [0.1, 0.15) is 41.8 Å². The van der Waals surface area contributed by atoms with Crippen molar-refractivity contribution in [1.82, 2.24) is 5.32 Å². The van der Waals surface area contributed by atoms with Crippen molar-refractivity contribution in [2.24, 2.45) is 11.7 Å². The van der Waals surface area contributed by atoms with Crippen LogP contribution >= 0.6 is 0 Å². The number of hydrogen-bond donors (Lipinski definition) is 2. The minimum Gasteiger partial charge on any atom is -0.352 e. The average molecular weight is 258 g/mol. The Morgan fingerprint density at radius 1 is 1.42 bits per heavy atom. The van der Waals surface area contributed by atoms with Crippen molar-refractivity contribution in [3.8, 4) is 11.8 Å². The first-order valence-corrected chi connectivity index (χ1v) is 6.62. The Labute approximate surface area is 115 Å². The summed E-state index contributed by atoms with van der Waals surface area (Å²) in [5.41, 5.74) is 7.82. The van der Waals surface area contributed by atoms with E-state index in [0.717, 1.165) is 17.5 Å².